The molecule has 34 valence electrons. The summed E-state index contributed by atoms with van der Waals surface area (Å²) < 4.78 is 22.0. The summed E-state index contributed by atoms with van der Waals surface area (Å²) in [6, 6.07) is 0.688. The van der Waals surface area contributed by atoms with Gasteiger partial charge in [0, 0.05) is 15.9 Å². The molecule has 0 bridgehead atoms. The van der Waals surface area contributed by atoms with Crippen LogP contribution in [0.15, 0.2) is 0 Å². The Labute approximate surface area is 41.7 Å². The zero-order chi connectivity index (χ0) is 5.21. The Hall–Kier alpha value is -0.170. The van der Waals surface area contributed by atoms with Crippen molar-refractivity contribution < 1.29 is 8.78 Å². The Bertz CT molecular complexity index is 78.5. The second-order valence-electron chi connectivity index (χ2n) is 0.610. The van der Waals surface area contributed by atoms with Gasteiger partial charge in [0.05, 0.1) is 0 Å². The van der Waals surface area contributed by atoms with Gasteiger partial charge in [0.2, 0.25) is 0 Å². The molecule has 0 atom stereocenters. The van der Waals surface area contributed by atoms with Crippen LogP contribution in [0, 0.1) is 11.3 Å². The molecule has 0 aromatic heterocycles. The maximum Gasteiger partial charge on any atom is 0.387 e. The molecule has 1 nitrogen and oxygen atoms in total. The van der Waals surface area contributed by atoms with Crippen molar-refractivity contribution in [2.75, 3.05) is 0 Å². The van der Waals surface area contributed by atoms with E-state index < -0.39 is 4.83 Å². The predicted octanol–water partition coefficient (Wildman–Crippen LogP) is 1.50. The van der Waals surface area contributed by atoms with Crippen molar-refractivity contribution in [3.8, 4) is 6.07 Å². The van der Waals surface area contributed by atoms with Crippen LogP contribution in [0.25, 0.3) is 0 Å². The van der Waals surface area contributed by atoms with Crippen molar-refractivity contribution in [1.29, 1.82) is 5.26 Å². The normalized spacial score (nSPS) is 10.3. The number of halogens is 3. The van der Waals surface area contributed by atoms with Crippen molar-refractivity contribution in [2.24, 2.45) is 0 Å². The molecule has 6 heavy (non-hydrogen) atoms. The summed E-state index contributed by atoms with van der Waals surface area (Å²) in [4.78, 5) is -3.34. The Morgan fingerprint density at radius 1 is 1.67 bits per heavy atom. The molecule has 0 saturated carbocycles. The molecule has 0 amide bonds. The van der Waals surface area contributed by atoms with Crippen LogP contribution in [0.1, 0.15) is 0 Å². The molecule has 4 heteroatoms. The summed E-state index contributed by atoms with van der Waals surface area (Å²) in [5.41, 5.74) is 0. The first kappa shape index (κ1) is 5.83. The highest BCUT2D eigenvalue weighted by molar-refractivity contribution is 9.10. The molecule has 0 rings (SSSR count). The van der Waals surface area contributed by atoms with Gasteiger partial charge >= 0.3 is 4.83 Å². The monoisotopic (exact) mass is 155 g/mol. The molecule has 0 fully saturated rings. The van der Waals surface area contributed by atoms with Gasteiger partial charge in [0.15, 0.2) is 6.07 Å². The van der Waals surface area contributed by atoms with Crippen molar-refractivity contribution >= 4 is 15.9 Å². The quantitative estimate of drug-likeness (QED) is 0.487. The van der Waals surface area contributed by atoms with E-state index in [1.54, 1.807) is 15.9 Å². The lowest BCUT2D eigenvalue weighted by Crippen LogP contribution is -1.96. The van der Waals surface area contributed by atoms with Gasteiger partial charge in [0.1, 0.15) is 0 Å². The fraction of sp³-hybridized carbons (Fsp3) is 0.500. The standard InChI is InChI=1S/C2BrF2N/c3-2(4,5)1-6. The van der Waals surface area contributed by atoms with E-state index in [1.165, 1.54) is 0 Å². The molecule has 0 heterocycles. The smallest absolute Gasteiger partial charge is 0.191 e. The van der Waals surface area contributed by atoms with Crippen molar-refractivity contribution in [2.45, 2.75) is 4.83 Å². The van der Waals surface area contributed by atoms with Crippen LogP contribution in [0.2, 0.25) is 0 Å². The minimum Gasteiger partial charge on any atom is -0.191 e. The Balaban J connectivity index is 3.55. The van der Waals surface area contributed by atoms with Crippen LogP contribution in [-0.4, -0.2) is 4.83 Å². The summed E-state index contributed by atoms with van der Waals surface area (Å²) >= 11 is 1.78. The molecular formula is C2BrF2N. The van der Waals surface area contributed by atoms with Gasteiger partial charge in [-0.3, -0.25) is 0 Å². The summed E-state index contributed by atoms with van der Waals surface area (Å²) in [5.74, 6) is 0. The van der Waals surface area contributed by atoms with Gasteiger partial charge < -0.3 is 0 Å². The molecule has 0 saturated heterocycles. The zero-order valence-corrected chi connectivity index (χ0v) is 4.17. The van der Waals surface area contributed by atoms with Crippen LogP contribution in [0.4, 0.5) is 8.78 Å². The zero-order valence-electron chi connectivity index (χ0n) is 2.58. The van der Waals surface area contributed by atoms with E-state index in [2.05, 4.69) is 0 Å². The molecule has 0 aliphatic heterocycles. The molecule has 0 spiro atoms. The first-order chi connectivity index (χ1) is 2.56. The van der Waals surface area contributed by atoms with Crippen molar-refractivity contribution in [1.82, 2.24) is 0 Å². The predicted molar refractivity (Wildman–Crippen MR) is 19.5 cm³/mol. The van der Waals surface area contributed by atoms with Gasteiger partial charge in [0.25, 0.3) is 0 Å². The summed E-state index contributed by atoms with van der Waals surface area (Å²) in [6.45, 7) is 0. The van der Waals surface area contributed by atoms with Crippen molar-refractivity contribution in [3.05, 3.63) is 0 Å². The lowest BCUT2D eigenvalue weighted by Gasteiger charge is -1.87. The van der Waals surface area contributed by atoms with Gasteiger partial charge in [-0.15, -0.1) is 0 Å². The topological polar surface area (TPSA) is 23.8 Å². The largest absolute Gasteiger partial charge is 0.387 e. The minimum absolute atomic E-state index is 0.688. The lowest BCUT2D eigenvalue weighted by molar-refractivity contribution is 0.180. The molecular weight excluding hydrogens is 156 g/mol. The SMILES string of the molecule is N#CC(F)(F)Br. The van der Waals surface area contributed by atoms with E-state index in [0.29, 0.717) is 6.07 Å². The first-order valence-corrected chi connectivity index (χ1v) is 1.83. The number of alkyl halides is 3. The second-order valence-corrected chi connectivity index (χ2v) is 1.61. The molecule has 0 aromatic carbocycles. The van der Waals surface area contributed by atoms with Gasteiger partial charge in [-0.25, -0.2) is 0 Å². The lowest BCUT2D eigenvalue weighted by atomic mass is 10.8. The minimum atomic E-state index is -3.34. The highest BCUT2D eigenvalue weighted by Gasteiger charge is 2.21. The summed E-state index contributed by atoms with van der Waals surface area (Å²) in [6.07, 6.45) is 0. The number of nitriles is 1. The second kappa shape index (κ2) is 1.52. The third kappa shape index (κ3) is 3.83. The molecule has 0 unspecified atom stereocenters. The average Bonchev–Trinajstić information content (AvgIpc) is 1.35. The highest BCUT2D eigenvalue weighted by atomic mass is 79.9. The molecule has 0 radical (unpaired) electrons. The maximum absolute atomic E-state index is 11.0. The summed E-state index contributed by atoms with van der Waals surface area (Å²) in [7, 11) is 0. The van der Waals surface area contributed by atoms with Crippen LogP contribution in [0.5, 0.6) is 0 Å². The first-order valence-electron chi connectivity index (χ1n) is 1.04. The summed E-state index contributed by atoms with van der Waals surface area (Å²) in [5, 5.41) is 7.36. The number of rotatable bonds is 0. The van der Waals surface area contributed by atoms with E-state index in [1.807, 2.05) is 0 Å². The van der Waals surface area contributed by atoms with Crippen LogP contribution in [0.3, 0.4) is 0 Å². The molecule has 0 aliphatic carbocycles. The molecule has 0 aliphatic rings. The Kier molecular flexibility index (Phi) is 1.48. The number of hydrogen-bond donors (Lipinski definition) is 0. The molecule has 0 aromatic rings. The van der Waals surface area contributed by atoms with Crippen LogP contribution >= 0.6 is 15.9 Å². The number of hydrogen-bond acceptors (Lipinski definition) is 1. The third-order valence-electron chi connectivity index (χ3n) is 0.127. The van der Waals surface area contributed by atoms with Gasteiger partial charge in [-0.05, 0) is 0 Å². The average molecular weight is 156 g/mol. The van der Waals surface area contributed by atoms with Gasteiger partial charge in [-0.1, -0.05) is 0 Å². The van der Waals surface area contributed by atoms with Crippen LogP contribution in [-0.2, 0) is 0 Å². The Morgan fingerprint density at radius 3 is 1.83 bits per heavy atom. The van der Waals surface area contributed by atoms with E-state index in [9.17, 15) is 8.78 Å². The van der Waals surface area contributed by atoms with E-state index in [4.69, 9.17) is 5.26 Å². The van der Waals surface area contributed by atoms with E-state index >= 15 is 0 Å². The van der Waals surface area contributed by atoms with Crippen LogP contribution < -0.4 is 0 Å². The Morgan fingerprint density at radius 2 is 1.83 bits per heavy atom. The van der Waals surface area contributed by atoms with E-state index in [-0.39, 0.29) is 0 Å². The van der Waals surface area contributed by atoms with Gasteiger partial charge in [-0.2, -0.15) is 14.0 Å². The maximum atomic E-state index is 11.0. The third-order valence-corrected chi connectivity index (χ3v) is 0.304. The van der Waals surface area contributed by atoms with Crippen molar-refractivity contribution in [3.63, 3.8) is 0 Å². The fourth-order valence-electron chi connectivity index (χ4n) is 0. The van der Waals surface area contributed by atoms with E-state index in [0.717, 1.165) is 0 Å². The molecule has 0 N–H and O–H groups in total. The number of nitrogens with zero attached hydrogens (tertiary/aromatic N) is 1. The fourth-order valence-corrected chi connectivity index (χ4v) is 0. The highest BCUT2D eigenvalue weighted by Crippen LogP contribution is 2.18.